The van der Waals surface area contributed by atoms with E-state index in [1.54, 1.807) is 23.5 Å². The predicted octanol–water partition coefficient (Wildman–Crippen LogP) is 5.48. The minimum absolute atomic E-state index is 0.0623. The first kappa shape index (κ1) is 20.4. The molecular formula is C19H19Cl2IN4OS. The van der Waals surface area contributed by atoms with Crippen LogP contribution in [-0.4, -0.2) is 29.7 Å². The van der Waals surface area contributed by atoms with Crippen molar-refractivity contribution in [2.75, 3.05) is 18.1 Å². The average molecular weight is 549 g/mol. The third-order valence-corrected chi connectivity index (χ3v) is 7.75. The quantitative estimate of drug-likeness (QED) is 0.514. The van der Waals surface area contributed by atoms with E-state index in [4.69, 9.17) is 23.2 Å². The molecule has 1 saturated heterocycles. The van der Waals surface area contributed by atoms with Gasteiger partial charge in [-0.05, 0) is 65.1 Å². The van der Waals surface area contributed by atoms with E-state index < -0.39 is 0 Å². The molecule has 0 bridgehead atoms. The van der Waals surface area contributed by atoms with Gasteiger partial charge >= 0.3 is 0 Å². The Morgan fingerprint density at radius 2 is 2.00 bits per heavy atom. The average Bonchev–Trinajstić information content (AvgIpc) is 3.28. The molecule has 2 aliphatic heterocycles. The number of carbonyl (C=O) groups excluding carboxylic acids is 1. The topological polar surface area (TPSA) is 47.9 Å². The van der Waals surface area contributed by atoms with Gasteiger partial charge in [-0.15, -0.1) is 11.3 Å². The summed E-state index contributed by atoms with van der Waals surface area (Å²) in [6.45, 7) is 1.77. The number of nitrogens with one attached hydrogen (secondary N) is 1. The number of hydrogen-bond donors (Lipinski definition) is 1. The fourth-order valence-corrected chi connectivity index (χ4v) is 6.03. The van der Waals surface area contributed by atoms with E-state index in [1.165, 1.54) is 11.3 Å². The van der Waals surface area contributed by atoms with E-state index in [0.29, 0.717) is 22.2 Å². The molecule has 5 nitrogen and oxygen atoms in total. The molecule has 1 aromatic carbocycles. The fraction of sp³-hybridized carbons (Fsp3) is 0.368. The molecule has 0 spiro atoms. The third kappa shape index (κ3) is 4.33. The molecule has 2 aliphatic rings. The molecule has 1 unspecified atom stereocenters. The van der Waals surface area contributed by atoms with E-state index in [0.717, 1.165) is 35.2 Å². The molecular weight excluding hydrogens is 530 g/mol. The molecule has 1 aromatic heterocycles. The first-order valence-corrected chi connectivity index (χ1v) is 11.8. The van der Waals surface area contributed by atoms with Gasteiger partial charge in [0.05, 0.1) is 16.8 Å². The Hall–Kier alpha value is -0.870. The van der Waals surface area contributed by atoms with Gasteiger partial charge in [-0.25, -0.2) is 5.01 Å². The van der Waals surface area contributed by atoms with Gasteiger partial charge in [-0.1, -0.05) is 29.6 Å². The third-order valence-electron chi connectivity index (χ3n) is 4.89. The van der Waals surface area contributed by atoms with Gasteiger partial charge in [0, 0.05) is 33.0 Å². The largest absolute Gasteiger partial charge is 0.284 e. The van der Waals surface area contributed by atoms with E-state index in [1.807, 2.05) is 16.1 Å². The van der Waals surface area contributed by atoms with Crippen LogP contribution in [-0.2, 0) is 4.79 Å². The van der Waals surface area contributed by atoms with Gasteiger partial charge < -0.3 is 0 Å². The molecule has 3 heterocycles. The van der Waals surface area contributed by atoms with E-state index in [2.05, 4.69) is 44.6 Å². The number of thiophene rings is 1. The van der Waals surface area contributed by atoms with E-state index >= 15 is 0 Å². The molecule has 0 radical (unpaired) electrons. The first-order chi connectivity index (χ1) is 13.5. The van der Waals surface area contributed by atoms with Crippen LogP contribution < -0.4 is 10.4 Å². The lowest BCUT2D eigenvalue weighted by molar-refractivity contribution is -0.119. The molecule has 1 N–H and O–H groups in total. The van der Waals surface area contributed by atoms with Crippen LogP contribution in [0.4, 0.5) is 5.69 Å². The highest BCUT2D eigenvalue weighted by molar-refractivity contribution is 14.1. The lowest BCUT2D eigenvalue weighted by Gasteiger charge is -2.26. The highest BCUT2D eigenvalue weighted by atomic mass is 127. The van der Waals surface area contributed by atoms with Crippen LogP contribution >= 0.6 is 57.1 Å². The zero-order chi connectivity index (χ0) is 19.7. The van der Waals surface area contributed by atoms with Gasteiger partial charge in [-0.3, -0.25) is 15.2 Å². The maximum Gasteiger partial charge on any atom is 0.281 e. The van der Waals surface area contributed by atoms with Gasteiger partial charge in [0.25, 0.3) is 5.91 Å². The zero-order valence-electron chi connectivity index (χ0n) is 15.0. The number of rotatable bonds is 4. The summed E-state index contributed by atoms with van der Waals surface area (Å²) in [5.74, 6) is -0.133. The molecule has 1 amide bonds. The summed E-state index contributed by atoms with van der Waals surface area (Å²) in [6, 6.07) is 7.37. The number of halogens is 3. The molecule has 0 aliphatic carbocycles. The smallest absolute Gasteiger partial charge is 0.281 e. The zero-order valence-corrected chi connectivity index (χ0v) is 19.5. The summed E-state index contributed by atoms with van der Waals surface area (Å²) >= 11 is 16.5. The number of carbonyl (C=O) groups is 1. The summed E-state index contributed by atoms with van der Waals surface area (Å²) in [5, 5.41) is 11.7. The monoisotopic (exact) mass is 548 g/mol. The molecule has 1 fully saturated rings. The van der Waals surface area contributed by atoms with E-state index in [9.17, 15) is 4.79 Å². The highest BCUT2D eigenvalue weighted by Gasteiger charge is 2.35. The second kappa shape index (κ2) is 8.87. The highest BCUT2D eigenvalue weighted by Crippen LogP contribution is 2.42. The number of hydrazine groups is 1. The van der Waals surface area contributed by atoms with Crippen molar-refractivity contribution in [3.8, 4) is 0 Å². The lowest BCUT2D eigenvalue weighted by Crippen LogP contribution is -2.47. The SMILES string of the molecule is O=C(NN1CCCCC1)C1=NN(c2ccc(Cl)cc2Cl)C(c2sccc2I)C1. The Balaban J connectivity index is 1.63. The van der Waals surface area contributed by atoms with Crippen LogP contribution in [0.2, 0.25) is 10.0 Å². The molecule has 4 rings (SSSR count). The number of amides is 1. The van der Waals surface area contributed by atoms with Crippen molar-refractivity contribution >= 4 is 74.4 Å². The Morgan fingerprint density at radius 3 is 2.68 bits per heavy atom. The summed E-state index contributed by atoms with van der Waals surface area (Å²) < 4.78 is 1.16. The number of piperidine rings is 1. The van der Waals surface area contributed by atoms with Gasteiger partial charge in [0.2, 0.25) is 0 Å². The molecule has 9 heteroatoms. The molecule has 1 atom stereocenters. The molecule has 148 valence electrons. The molecule has 0 saturated carbocycles. The van der Waals surface area contributed by atoms with Gasteiger partial charge in [0.15, 0.2) is 0 Å². The van der Waals surface area contributed by atoms with Crippen molar-refractivity contribution in [3.63, 3.8) is 0 Å². The Bertz CT molecular complexity index is 913. The van der Waals surface area contributed by atoms with Crippen LogP contribution in [0, 0.1) is 3.57 Å². The second-order valence-corrected chi connectivity index (χ2v) is 9.78. The number of nitrogens with zero attached hydrogens (tertiary/aromatic N) is 3. The van der Waals surface area contributed by atoms with Crippen LogP contribution in [0.3, 0.4) is 0 Å². The van der Waals surface area contributed by atoms with Crippen LogP contribution in [0.1, 0.15) is 36.6 Å². The van der Waals surface area contributed by atoms with E-state index in [-0.39, 0.29) is 11.9 Å². The van der Waals surface area contributed by atoms with Crippen molar-refractivity contribution in [2.45, 2.75) is 31.7 Å². The van der Waals surface area contributed by atoms with Crippen molar-refractivity contribution in [1.82, 2.24) is 10.4 Å². The summed E-state index contributed by atoms with van der Waals surface area (Å²) in [5.41, 5.74) is 4.29. The number of hydrogen-bond acceptors (Lipinski definition) is 5. The summed E-state index contributed by atoms with van der Waals surface area (Å²) in [4.78, 5) is 14.0. The Kier molecular flexibility index (Phi) is 6.46. The van der Waals surface area contributed by atoms with Crippen molar-refractivity contribution in [1.29, 1.82) is 0 Å². The number of hydrazone groups is 1. The summed E-state index contributed by atoms with van der Waals surface area (Å²) in [7, 11) is 0. The predicted molar refractivity (Wildman–Crippen MR) is 124 cm³/mol. The van der Waals surface area contributed by atoms with Gasteiger partial charge in [-0.2, -0.15) is 5.10 Å². The maximum absolute atomic E-state index is 12.9. The van der Waals surface area contributed by atoms with Crippen molar-refractivity contribution in [2.24, 2.45) is 5.10 Å². The summed E-state index contributed by atoms with van der Waals surface area (Å²) in [6.07, 6.45) is 3.97. The minimum Gasteiger partial charge on any atom is -0.284 e. The van der Waals surface area contributed by atoms with Crippen LogP contribution in [0.5, 0.6) is 0 Å². The number of benzene rings is 1. The van der Waals surface area contributed by atoms with Crippen LogP contribution in [0.25, 0.3) is 0 Å². The Morgan fingerprint density at radius 1 is 1.21 bits per heavy atom. The standard InChI is InChI=1S/C19H19Cl2IN4OS/c20-12-4-5-16(13(21)10-12)26-17(18-14(22)6-9-28-18)11-15(23-26)19(27)24-25-7-2-1-3-8-25/h4-6,9-10,17H,1-3,7-8,11H2,(H,24,27). The maximum atomic E-state index is 12.9. The lowest BCUT2D eigenvalue weighted by atomic mass is 10.1. The minimum atomic E-state index is -0.133. The van der Waals surface area contributed by atoms with Crippen LogP contribution in [0.15, 0.2) is 34.7 Å². The van der Waals surface area contributed by atoms with Crippen molar-refractivity contribution < 1.29 is 4.79 Å². The number of anilines is 1. The molecule has 28 heavy (non-hydrogen) atoms. The fourth-order valence-electron chi connectivity index (χ4n) is 3.50. The van der Waals surface area contributed by atoms with Crippen molar-refractivity contribution in [3.05, 3.63) is 48.1 Å². The molecule has 2 aromatic rings. The first-order valence-electron chi connectivity index (χ1n) is 9.13. The second-order valence-electron chi connectivity index (χ2n) is 6.83. The van der Waals surface area contributed by atoms with Gasteiger partial charge in [0.1, 0.15) is 5.71 Å². The normalized spacial score (nSPS) is 20.3. The Labute approximate surface area is 191 Å².